The summed E-state index contributed by atoms with van der Waals surface area (Å²) >= 11 is 1.77. The second-order valence-electron chi connectivity index (χ2n) is 4.42. The van der Waals surface area contributed by atoms with Crippen LogP contribution >= 0.6 is 11.3 Å². The topological polar surface area (TPSA) is 23.5 Å². The number of aliphatic hydroxyl groups is 1. The van der Waals surface area contributed by atoms with Gasteiger partial charge in [0.25, 0.3) is 0 Å². The molecule has 0 saturated heterocycles. The third-order valence-electron chi connectivity index (χ3n) is 2.97. The number of thiophene rings is 1. The van der Waals surface area contributed by atoms with Crippen LogP contribution in [0.15, 0.2) is 11.4 Å². The SMILES string of the molecule is CCCN(Cc1sccc1C#CCO)C1CC1. The largest absolute Gasteiger partial charge is 0.384 e. The van der Waals surface area contributed by atoms with Gasteiger partial charge in [-0.25, -0.2) is 0 Å². The quantitative estimate of drug-likeness (QED) is 0.810. The zero-order chi connectivity index (χ0) is 12.1. The Morgan fingerprint density at radius 2 is 2.35 bits per heavy atom. The molecule has 0 atom stereocenters. The molecule has 0 spiro atoms. The van der Waals surface area contributed by atoms with E-state index < -0.39 is 0 Å². The molecule has 1 aromatic heterocycles. The first-order valence-corrected chi connectivity index (χ1v) is 7.13. The minimum atomic E-state index is -0.0589. The molecular formula is C14H19NOS. The summed E-state index contributed by atoms with van der Waals surface area (Å²) in [6.07, 6.45) is 3.91. The normalized spacial score (nSPS) is 14.8. The van der Waals surface area contributed by atoms with E-state index >= 15 is 0 Å². The van der Waals surface area contributed by atoms with Crippen LogP contribution in [0.1, 0.15) is 36.6 Å². The van der Waals surface area contributed by atoms with E-state index in [0.29, 0.717) is 0 Å². The lowest BCUT2D eigenvalue weighted by molar-refractivity contribution is 0.257. The van der Waals surface area contributed by atoms with Crippen LogP contribution in [0.4, 0.5) is 0 Å². The molecule has 0 radical (unpaired) electrons. The molecule has 0 unspecified atom stereocenters. The molecule has 2 nitrogen and oxygen atoms in total. The molecule has 1 heterocycles. The molecule has 1 aliphatic carbocycles. The van der Waals surface area contributed by atoms with Crippen molar-refractivity contribution in [2.45, 2.75) is 38.8 Å². The number of rotatable bonds is 5. The van der Waals surface area contributed by atoms with Crippen molar-refractivity contribution in [1.29, 1.82) is 0 Å². The lowest BCUT2D eigenvalue weighted by atomic mass is 10.2. The third-order valence-corrected chi connectivity index (χ3v) is 3.87. The van der Waals surface area contributed by atoms with Crippen molar-refractivity contribution in [2.24, 2.45) is 0 Å². The Morgan fingerprint density at radius 1 is 1.53 bits per heavy atom. The minimum absolute atomic E-state index is 0.0589. The van der Waals surface area contributed by atoms with Gasteiger partial charge in [-0.2, -0.15) is 0 Å². The minimum Gasteiger partial charge on any atom is -0.384 e. The summed E-state index contributed by atoms with van der Waals surface area (Å²) in [5.41, 5.74) is 1.09. The van der Waals surface area contributed by atoms with Gasteiger partial charge in [0, 0.05) is 23.0 Å². The number of hydrogen-bond acceptors (Lipinski definition) is 3. The Labute approximate surface area is 107 Å². The smallest absolute Gasteiger partial charge is 0.104 e. The van der Waals surface area contributed by atoms with Crippen molar-refractivity contribution in [3.8, 4) is 11.8 Å². The van der Waals surface area contributed by atoms with Gasteiger partial charge in [-0.1, -0.05) is 18.8 Å². The van der Waals surface area contributed by atoms with Gasteiger partial charge in [0.05, 0.1) is 0 Å². The number of nitrogens with zero attached hydrogens (tertiary/aromatic N) is 1. The van der Waals surface area contributed by atoms with Gasteiger partial charge < -0.3 is 5.11 Å². The molecule has 1 aliphatic rings. The van der Waals surface area contributed by atoms with Gasteiger partial charge in [0.1, 0.15) is 6.61 Å². The Morgan fingerprint density at radius 3 is 3.00 bits per heavy atom. The van der Waals surface area contributed by atoms with Crippen LogP contribution in [0.25, 0.3) is 0 Å². The van der Waals surface area contributed by atoms with E-state index in [2.05, 4.69) is 35.1 Å². The van der Waals surface area contributed by atoms with Crippen molar-refractivity contribution in [3.63, 3.8) is 0 Å². The first kappa shape index (κ1) is 12.6. The first-order valence-electron chi connectivity index (χ1n) is 6.25. The highest BCUT2D eigenvalue weighted by molar-refractivity contribution is 7.10. The van der Waals surface area contributed by atoms with Crippen LogP contribution in [0, 0.1) is 11.8 Å². The van der Waals surface area contributed by atoms with Crippen molar-refractivity contribution in [3.05, 3.63) is 21.9 Å². The summed E-state index contributed by atoms with van der Waals surface area (Å²) in [6.45, 7) is 4.37. The van der Waals surface area contributed by atoms with E-state index in [4.69, 9.17) is 5.11 Å². The number of aliphatic hydroxyl groups excluding tert-OH is 1. The molecule has 0 bridgehead atoms. The van der Waals surface area contributed by atoms with E-state index in [1.807, 2.05) is 0 Å². The predicted molar refractivity (Wildman–Crippen MR) is 72.0 cm³/mol. The predicted octanol–water partition coefficient (Wildman–Crippen LogP) is 2.47. The Hall–Kier alpha value is -0.820. The van der Waals surface area contributed by atoms with Crippen molar-refractivity contribution in [1.82, 2.24) is 4.90 Å². The Kier molecular flexibility index (Phi) is 4.61. The zero-order valence-electron chi connectivity index (χ0n) is 10.3. The maximum atomic E-state index is 8.74. The van der Waals surface area contributed by atoms with Crippen LogP contribution < -0.4 is 0 Å². The summed E-state index contributed by atoms with van der Waals surface area (Å²) in [6, 6.07) is 2.86. The molecule has 92 valence electrons. The van der Waals surface area contributed by atoms with Gasteiger partial charge in [-0.15, -0.1) is 11.3 Å². The van der Waals surface area contributed by atoms with E-state index in [9.17, 15) is 0 Å². The molecule has 2 rings (SSSR count). The van der Waals surface area contributed by atoms with Gasteiger partial charge in [0.2, 0.25) is 0 Å². The van der Waals surface area contributed by atoms with E-state index in [1.54, 1.807) is 11.3 Å². The van der Waals surface area contributed by atoms with Crippen molar-refractivity contribution < 1.29 is 5.11 Å². The lowest BCUT2D eigenvalue weighted by Gasteiger charge is -2.20. The van der Waals surface area contributed by atoms with Gasteiger partial charge in [0.15, 0.2) is 0 Å². The first-order chi connectivity index (χ1) is 8.35. The van der Waals surface area contributed by atoms with E-state index in [-0.39, 0.29) is 6.61 Å². The summed E-state index contributed by atoms with van der Waals surface area (Å²) in [5.74, 6) is 5.77. The monoisotopic (exact) mass is 249 g/mol. The summed E-state index contributed by atoms with van der Waals surface area (Å²) in [7, 11) is 0. The van der Waals surface area contributed by atoms with Crippen LogP contribution in [-0.4, -0.2) is 29.2 Å². The average molecular weight is 249 g/mol. The average Bonchev–Trinajstić information content (AvgIpc) is 3.08. The summed E-state index contributed by atoms with van der Waals surface area (Å²) < 4.78 is 0. The molecule has 0 amide bonds. The molecule has 0 aromatic carbocycles. The fraction of sp³-hybridized carbons (Fsp3) is 0.571. The van der Waals surface area contributed by atoms with E-state index in [0.717, 1.165) is 18.2 Å². The highest BCUT2D eigenvalue weighted by Gasteiger charge is 2.28. The second-order valence-corrected chi connectivity index (χ2v) is 5.42. The maximum absolute atomic E-state index is 8.74. The second kappa shape index (κ2) is 6.20. The fourth-order valence-corrected chi connectivity index (χ4v) is 2.87. The van der Waals surface area contributed by atoms with Crippen molar-refractivity contribution >= 4 is 11.3 Å². The van der Waals surface area contributed by atoms with E-state index in [1.165, 1.54) is 30.7 Å². The molecule has 17 heavy (non-hydrogen) atoms. The zero-order valence-corrected chi connectivity index (χ0v) is 11.1. The third kappa shape index (κ3) is 3.57. The van der Waals surface area contributed by atoms with Crippen LogP contribution in [-0.2, 0) is 6.54 Å². The highest BCUT2D eigenvalue weighted by atomic mass is 32.1. The highest BCUT2D eigenvalue weighted by Crippen LogP contribution is 2.30. The molecular weight excluding hydrogens is 230 g/mol. The van der Waals surface area contributed by atoms with Crippen LogP contribution in [0.5, 0.6) is 0 Å². The van der Waals surface area contributed by atoms with Gasteiger partial charge >= 0.3 is 0 Å². The van der Waals surface area contributed by atoms with Gasteiger partial charge in [-0.05, 0) is 37.3 Å². The lowest BCUT2D eigenvalue weighted by Crippen LogP contribution is -2.26. The molecule has 0 aliphatic heterocycles. The Bertz CT molecular complexity index is 411. The van der Waals surface area contributed by atoms with Crippen LogP contribution in [0.3, 0.4) is 0 Å². The number of hydrogen-bond donors (Lipinski definition) is 1. The van der Waals surface area contributed by atoms with Gasteiger partial charge in [-0.3, -0.25) is 4.90 Å². The van der Waals surface area contributed by atoms with Crippen LogP contribution in [0.2, 0.25) is 0 Å². The molecule has 1 fully saturated rings. The molecule has 1 N–H and O–H groups in total. The summed E-state index contributed by atoms with van der Waals surface area (Å²) in [5, 5.41) is 10.8. The van der Waals surface area contributed by atoms with Crippen molar-refractivity contribution in [2.75, 3.05) is 13.2 Å². The fourth-order valence-electron chi connectivity index (χ4n) is 2.01. The Balaban J connectivity index is 2.03. The molecule has 3 heteroatoms. The molecule has 1 aromatic rings. The summed E-state index contributed by atoms with van der Waals surface area (Å²) in [4.78, 5) is 3.90. The standard InChI is InChI=1S/C14H19NOS/c1-2-8-15(13-5-6-13)11-14-12(4-3-9-16)7-10-17-14/h7,10,13,16H,2,5-6,8-9,11H2,1H3. The molecule has 1 saturated carbocycles. The maximum Gasteiger partial charge on any atom is 0.104 e.